The highest BCUT2D eigenvalue weighted by atomic mass is 16.3. The molecular weight excluding hydrogens is 220 g/mol. The third-order valence-electron chi connectivity index (χ3n) is 4.47. The van der Waals surface area contributed by atoms with Crippen molar-refractivity contribution in [2.24, 2.45) is 11.8 Å². The average Bonchev–Trinajstić information content (AvgIpc) is 2.37. The summed E-state index contributed by atoms with van der Waals surface area (Å²) in [7, 11) is 0. The van der Waals surface area contributed by atoms with Crippen LogP contribution in [0.3, 0.4) is 0 Å². The summed E-state index contributed by atoms with van der Waals surface area (Å²) in [6.07, 6.45) is 0.765. The third-order valence-corrected chi connectivity index (χ3v) is 4.47. The zero-order valence-electron chi connectivity index (χ0n) is 12.7. The molecule has 0 aliphatic carbocycles. The molecule has 0 aliphatic heterocycles. The molecule has 0 aliphatic rings. The molecule has 102 valence electrons. The average molecular weight is 248 g/mol. The molecule has 0 aromatic heterocycles. The first-order valence-corrected chi connectivity index (χ1v) is 7.08. The molecule has 0 saturated carbocycles. The monoisotopic (exact) mass is 248 g/mol. The predicted octanol–water partition coefficient (Wildman–Crippen LogP) is 4.70. The minimum Gasteiger partial charge on any atom is -0.388 e. The lowest BCUT2D eigenvalue weighted by atomic mass is 9.81. The molecule has 18 heavy (non-hydrogen) atoms. The van der Waals surface area contributed by atoms with Crippen LogP contribution in [0.15, 0.2) is 24.3 Å². The lowest BCUT2D eigenvalue weighted by molar-refractivity contribution is 0.0921. The Balaban J connectivity index is 2.89. The van der Waals surface area contributed by atoms with Gasteiger partial charge in [-0.15, -0.1) is 0 Å². The molecule has 0 fully saturated rings. The van der Waals surface area contributed by atoms with Gasteiger partial charge >= 0.3 is 0 Å². The summed E-state index contributed by atoms with van der Waals surface area (Å²) in [4.78, 5) is 0. The van der Waals surface area contributed by atoms with Gasteiger partial charge in [-0.25, -0.2) is 0 Å². The Labute approximate surface area is 112 Å². The maximum absolute atomic E-state index is 10.3. The van der Waals surface area contributed by atoms with E-state index in [0.29, 0.717) is 5.92 Å². The van der Waals surface area contributed by atoms with Crippen molar-refractivity contribution in [3.05, 3.63) is 35.4 Å². The van der Waals surface area contributed by atoms with Crippen LogP contribution >= 0.6 is 0 Å². The van der Waals surface area contributed by atoms with Gasteiger partial charge in [-0.3, -0.25) is 0 Å². The van der Waals surface area contributed by atoms with Gasteiger partial charge in [0.25, 0.3) is 0 Å². The Morgan fingerprint density at radius 3 is 1.94 bits per heavy atom. The van der Waals surface area contributed by atoms with Gasteiger partial charge in [0.15, 0.2) is 0 Å². The Bertz CT molecular complexity index is 362. The first-order valence-electron chi connectivity index (χ1n) is 7.08. The van der Waals surface area contributed by atoms with Gasteiger partial charge < -0.3 is 5.11 Å². The standard InChI is InChI=1S/C17H28O/c1-7-17(5,6)15-10-8-14(9-11-15)16(18)13(4)12(2)3/h8-13,16,18H,7H2,1-6H3. The molecule has 0 spiro atoms. The van der Waals surface area contributed by atoms with Crippen molar-refractivity contribution in [1.29, 1.82) is 0 Å². The van der Waals surface area contributed by atoms with Crippen molar-refractivity contribution >= 4 is 0 Å². The number of hydrogen-bond donors (Lipinski definition) is 1. The number of aliphatic hydroxyl groups excluding tert-OH is 1. The molecule has 2 atom stereocenters. The van der Waals surface area contributed by atoms with E-state index in [9.17, 15) is 5.11 Å². The number of hydrogen-bond acceptors (Lipinski definition) is 1. The van der Waals surface area contributed by atoms with Crippen LogP contribution in [-0.4, -0.2) is 5.11 Å². The van der Waals surface area contributed by atoms with Gasteiger partial charge in [0, 0.05) is 0 Å². The van der Waals surface area contributed by atoms with Crippen molar-refractivity contribution < 1.29 is 5.11 Å². The SMILES string of the molecule is CCC(C)(C)c1ccc(C(O)C(C)C(C)C)cc1. The van der Waals surface area contributed by atoms with E-state index >= 15 is 0 Å². The van der Waals surface area contributed by atoms with Crippen LogP contribution in [0.1, 0.15) is 65.2 Å². The van der Waals surface area contributed by atoms with Crippen molar-refractivity contribution in [2.75, 3.05) is 0 Å². The second kappa shape index (κ2) is 5.88. The fourth-order valence-corrected chi connectivity index (χ4v) is 2.00. The highest BCUT2D eigenvalue weighted by Gasteiger charge is 2.21. The number of benzene rings is 1. The van der Waals surface area contributed by atoms with Crippen LogP contribution in [-0.2, 0) is 5.41 Å². The van der Waals surface area contributed by atoms with E-state index in [-0.39, 0.29) is 17.4 Å². The summed E-state index contributed by atoms with van der Waals surface area (Å²) in [6, 6.07) is 8.48. The third kappa shape index (κ3) is 3.35. The fraction of sp³-hybridized carbons (Fsp3) is 0.647. The quantitative estimate of drug-likeness (QED) is 0.800. The van der Waals surface area contributed by atoms with Crippen molar-refractivity contribution in [2.45, 2.75) is 59.5 Å². The van der Waals surface area contributed by atoms with Gasteiger partial charge in [0.1, 0.15) is 0 Å². The summed E-state index contributed by atoms with van der Waals surface area (Å²) >= 11 is 0. The molecule has 1 N–H and O–H groups in total. The van der Waals surface area contributed by atoms with Gasteiger partial charge in [0.05, 0.1) is 6.10 Å². The summed E-state index contributed by atoms with van der Waals surface area (Å²) in [5.74, 6) is 0.779. The summed E-state index contributed by atoms with van der Waals surface area (Å²) in [6.45, 7) is 13.2. The second-order valence-electron chi connectivity index (χ2n) is 6.41. The van der Waals surface area contributed by atoms with Crippen molar-refractivity contribution in [3.63, 3.8) is 0 Å². The Morgan fingerprint density at radius 2 is 1.56 bits per heavy atom. The van der Waals surface area contributed by atoms with Gasteiger partial charge in [0.2, 0.25) is 0 Å². The van der Waals surface area contributed by atoms with Gasteiger partial charge in [-0.05, 0) is 34.8 Å². The normalized spacial score (nSPS) is 15.8. The molecule has 0 bridgehead atoms. The number of aliphatic hydroxyl groups is 1. The highest BCUT2D eigenvalue weighted by Crippen LogP contribution is 2.31. The maximum atomic E-state index is 10.3. The highest BCUT2D eigenvalue weighted by molar-refractivity contribution is 5.29. The van der Waals surface area contributed by atoms with Crippen LogP contribution < -0.4 is 0 Å². The van der Waals surface area contributed by atoms with E-state index in [1.807, 2.05) is 0 Å². The molecule has 0 saturated heterocycles. The largest absolute Gasteiger partial charge is 0.388 e. The molecule has 2 unspecified atom stereocenters. The minimum atomic E-state index is -0.358. The van der Waals surface area contributed by atoms with Crippen LogP contribution in [0.4, 0.5) is 0 Å². The van der Waals surface area contributed by atoms with Crippen LogP contribution in [0.2, 0.25) is 0 Å². The van der Waals surface area contributed by atoms with Crippen LogP contribution in [0.5, 0.6) is 0 Å². The first kappa shape index (κ1) is 15.2. The Morgan fingerprint density at radius 1 is 1.06 bits per heavy atom. The maximum Gasteiger partial charge on any atom is 0.0818 e. The second-order valence-corrected chi connectivity index (χ2v) is 6.41. The number of rotatable bonds is 5. The van der Waals surface area contributed by atoms with Crippen LogP contribution in [0, 0.1) is 11.8 Å². The van der Waals surface area contributed by atoms with E-state index in [2.05, 4.69) is 65.8 Å². The van der Waals surface area contributed by atoms with Crippen molar-refractivity contribution in [3.8, 4) is 0 Å². The Hall–Kier alpha value is -0.820. The zero-order valence-corrected chi connectivity index (χ0v) is 12.7. The smallest absolute Gasteiger partial charge is 0.0818 e. The molecule has 0 heterocycles. The Kier molecular flexibility index (Phi) is 4.98. The fourth-order valence-electron chi connectivity index (χ4n) is 2.00. The summed E-state index contributed by atoms with van der Waals surface area (Å²) in [5, 5.41) is 10.3. The molecule has 1 nitrogen and oxygen atoms in total. The molecule has 1 aromatic carbocycles. The van der Waals surface area contributed by atoms with E-state index in [4.69, 9.17) is 0 Å². The predicted molar refractivity (Wildman–Crippen MR) is 78.7 cm³/mol. The van der Waals surface area contributed by atoms with Crippen LogP contribution in [0.25, 0.3) is 0 Å². The summed E-state index contributed by atoms with van der Waals surface area (Å²) < 4.78 is 0. The first-order chi connectivity index (χ1) is 8.29. The lowest BCUT2D eigenvalue weighted by Gasteiger charge is -2.26. The molecule has 0 radical (unpaired) electrons. The van der Waals surface area contributed by atoms with E-state index in [1.54, 1.807) is 0 Å². The molecule has 1 rings (SSSR count). The lowest BCUT2D eigenvalue weighted by Crippen LogP contribution is -2.17. The minimum absolute atomic E-state index is 0.215. The van der Waals surface area contributed by atoms with E-state index < -0.39 is 0 Å². The van der Waals surface area contributed by atoms with Gasteiger partial charge in [-0.1, -0.05) is 65.8 Å². The molecule has 1 aromatic rings. The van der Waals surface area contributed by atoms with E-state index in [1.165, 1.54) is 5.56 Å². The summed E-state index contributed by atoms with van der Waals surface area (Å²) in [5.41, 5.74) is 2.60. The van der Waals surface area contributed by atoms with E-state index in [0.717, 1.165) is 12.0 Å². The molecule has 1 heteroatoms. The van der Waals surface area contributed by atoms with Gasteiger partial charge in [-0.2, -0.15) is 0 Å². The topological polar surface area (TPSA) is 20.2 Å². The molecule has 0 amide bonds. The zero-order chi connectivity index (χ0) is 13.9. The van der Waals surface area contributed by atoms with Crippen molar-refractivity contribution in [1.82, 2.24) is 0 Å². The molecular formula is C17H28O.